The molecular weight excluding hydrogens is 258 g/mol. The van der Waals surface area contributed by atoms with E-state index in [9.17, 15) is 8.78 Å². The van der Waals surface area contributed by atoms with Crippen molar-refractivity contribution in [2.24, 2.45) is 0 Å². The van der Waals surface area contributed by atoms with E-state index in [-0.39, 0.29) is 5.56 Å². The molecule has 1 saturated carbocycles. The van der Waals surface area contributed by atoms with Crippen LogP contribution in [-0.2, 0) is 0 Å². The molecule has 0 atom stereocenters. The fourth-order valence-electron chi connectivity index (χ4n) is 2.66. The molecule has 20 heavy (non-hydrogen) atoms. The van der Waals surface area contributed by atoms with Crippen LogP contribution in [0.1, 0.15) is 49.7 Å². The highest BCUT2D eigenvalue weighted by atomic mass is 19.3. The zero-order valence-electron chi connectivity index (χ0n) is 11.9. The topological polar surface area (TPSA) is 24.1 Å². The molecule has 0 bridgehead atoms. The molecule has 2 nitrogen and oxygen atoms in total. The van der Waals surface area contributed by atoms with E-state index in [0.717, 1.165) is 12.8 Å². The van der Waals surface area contributed by atoms with E-state index < -0.39 is 6.43 Å². The molecule has 1 aliphatic rings. The van der Waals surface area contributed by atoms with Gasteiger partial charge in [-0.2, -0.15) is 0 Å². The Morgan fingerprint density at radius 2 is 1.95 bits per heavy atom. The van der Waals surface area contributed by atoms with Crippen LogP contribution in [0.15, 0.2) is 30.6 Å². The quantitative estimate of drug-likeness (QED) is 0.814. The molecule has 1 aliphatic carbocycles. The monoisotopic (exact) mass is 280 g/mol. The minimum Gasteiger partial charge on any atom is -0.369 e. The second-order valence-corrected chi connectivity index (χ2v) is 5.45. The molecule has 0 saturated heterocycles. The summed E-state index contributed by atoms with van der Waals surface area (Å²) in [6, 6.07) is 5.45. The third kappa shape index (κ3) is 3.95. The minimum absolute atomic E-state index is 0.0699. The number of halogens is 2. The number of nitrogens with one attached hydrogen (secondary N) is 2. The smallest absolute Gasteiger partial charge is 0.264 e. The van der Waals surface area contributed by atoms with Crippen LogP contribution < -0.4 is 10.6 Å². The number of benzene rings is 1. The van der Waals surface area contributed by atoms with Gasteiger partial charge in [-0.15, -0.1) is 0 Å². The molecule has 4 heteroatoms. The van der Waals surface area contributed by atoms with Gasteiger partial charge in [0.15, 0.2) is 0 Å². The maximum atomic E-state index is 12.9. The number of anilines is 1. The molecule has 0 unspecified atom stereocenters. The van der Waals surface area contributed by atoms with E-state index >= 15 is 0 Å². The second-order valence-electron chi connectivity index (χ2n) is 5.45. The predicted molar refractivity (Wildman–Crippen MR) is 78.9 cm³/mol. The molecule has 2 N–H and O–H groups in total. The van der Waals surface area contributed by atoms with Gasteiger partial charge in [0.25, 0.3) is 6.43 Å². The standard InChI is InChI=1S/C16H22F2N2/c1-11-8-9-14(10-15(11)16(17)18)20-12(2)19-13-6-4-3-5-7-13/h8-10,13,16,19-20H,2-7H2,1H3. The fraction of sp³-hybridized carbons (Fsp3) is 0.500. The fourth-order valence-corrected chi connectivity index (χ4v) is 2.66. The molecule has 1 aromatic carbocycles. The molecule has 1 aromatic rings. The van der Waals surface area contributed by atoms with Crippen molar-refractivity contribution in [3.05, 3.63) is 41.7 Å². The molecule has 0 radical (unpaired) electrons. The van der Waals surface area contributed by atoms with Crippen LogP contribution in [0, 0.1) is 6.92 Å². The van der Waals surface area contributed by atoms with Crippen molar-refractivity contribution >= 4 is 5.69 Å². The lowest BCUT2D eigenvalue weighted by molar-refractivity contribution is 0.150. The van der Waals surface area contributed by atoms with Crippen LogP contribution in [0.25, 0.3) is 0 Å². The Kier molecular flexibility index (Phi) is 4.99. The maximum Gasteiger partial charge on any atom is 0.264 e. The zero-order chi connectivity index (χ0) is 14.5. The van der Waals surface area contributed by atoms with Crippen molar-refractivity contribution in [3.8, 4) is 0 Å². The van der Waals surface area contributed by atoms with Gasteiger partial charge in [0.05, 0.1) is 5.82 Å². The van der Waals surface area contributed by atoms with Gasteiger partial charge in [-0.05, 0) is 37.5 Å². The average molecular weight is 280 g/mol. The Bertz CT molecular complexity index is 466. The first-order valence-electron chi connectivity index (χ1n) is 7.17. The number of hydrogen-bond acceptors (Lipinski definition) is 2. The number of hydrogen-bond donors (Lipinski definition) is 2. The summed E-state index contributed by atoms with van der Waals surface area (Å²) in [6.45, 7) is 5.63. The summed E-state index contributed by atoms with van der Waals surface area (Å²) in [5.41, 5.74) is 1.33. The summed E-state index contributed by atoms with van der Waals surface area (Å²) in [5.74, 6) is 0.681. The molecule has 0 aromatic heterocycles. The van der Waals surface area contributed by atoms with Crippen molar-refractivity contribution in [1.82, 2.24) is 5.32 Å². The van der Waals surface area contributed by atoms with Gasteiger partial charge < -0.3 is 10.6 Å². The molecule has 0 amide bonds. The first-order valence-corrected chi connectivity index (χ1v) is 7.17. The summed E-state index contributed by atoms with van der Waals surface area (Å²) >= 11 is 0. The lowest BCUT2D eigenvalue weighted by atomic mass is 9.95. The molecule has 0 aliphatic heterocycles. The van der Waals surface area contributed by atoms with Gasteiger partial charge in [-0.1, -0.05) is 31.9 Å². The average Bonchev–Trinajstić information content (AvgIpc) is 2.41. The van der Waals surface area contributed by atoms with Crippen molar-refractivity contribution < 1.29 is 8.78 Å². The van der Waals surface area contributed by atoms with E-state index in [1.54, 1.807) is 19.1 Å². The summed E-state index contributed by atoms with van der Waals surface area (Å²) in [6.07, 6.45) is 3.63. The van der Waals surface area contributed by atoms with E-state index in [1.165, 1.54) is 25.3 Å². The highest BCUT2D eigenvalue weighted by Gasteiger charge is 2.14. The highest BCUT2D eigenvalue weighted by Crippen LogP contribution is 2.26. The Balaban J connectivity index is 1.95. The summed E-state index contributed by atoms with van der Waals surface area (Å²) in [5, 5.41) is 6.41. The summed E-state index contributed by atoms with van der Waals surface area (Å²) < 4.78 is 25.7. The van der Waals surface area contributed by atoms with Crippen molar-refractivity contribution in [2.75, 3.05) is 5.32 Å². The minimum atomic E-state index is -2.45. The number of aryl methyl sites for hydroxylation is 1. The Morgan fingerprint density at radius 1 is 1.25 bits per heavy atom. The normalized spacial score (nSPS) is 16.2. The molecular formula is C16H22F2N2. The Labute approximate surface area is 119 Å². The van der Waals surface area contributed by atoms with Crippen LogP contribution >= 0.6 is 0 Å². The first kappa shape index (κ1) is 14.8. The largest absolute Gasteiger partial charge is 0.369 e. The van der Waals surface area contributed by atoms with Crippen LogP contribution in [0.2, 0.25) is 0 Å². The number of rotatable bonds is 5. The third-order valence-corrected chi connectivity index (χ3v) is 3.79. The van der Waals surface area contributed by atoms with Crippen molar-refractivity contribution in [1.29, 1.82) is 0 Å². The van der Waals surface area contributed by atoms with Crippen LogP contribution in [0.5, 0.6) is 0 Å². The van der Waals surface area contributed by atoms with Gasteiger partial charge in [0, 0.05) is 17.3 Å². The van der Waals surface area contributed by atoms with Crippen molar-refractivity contribution in [3.63, 3.8) is 0 Å². The Morgan fingerprint density at radius 3 is 2.60 bits per heavy atom. The van der Waals surface area contributed by atoms with Crippen LogP contribution in [-0.4, -0.2) is 6.04 Å². The lowest BCUT2D eigenvalue weighted by Gasteiger charge is -2.25. The second kappa shape index (κ2) is 6.73. The van der Waals surface area contributed by atoms with Gasteiger partial charge in [-0.25, -0.2) is 8.78 Å². The van der Waals surface area contributed by atoms with Gasteiger partial charge in [-0.3, -0.25) is 0 Å². The van der Waals surface area contributed by atoms with Crippen molar-refractivity contribution in [2.45, 2.75) is 51.5 Å². The van der Waals surface area contributed by atoms with E-state index in [0.29, 0.717) is 23.1 Å². The third-order valence-electron chi connectivity index (χ3n) is 3.79. The molecule has 0 heterocycles. The molecule has 0 spiro atoms. The molecule has 1 fully saturated rings. The SMILES string of the molecule is C=C(Nc1ccc(C)c(C(F)F)c1)NC1CCCCC1. The summed E-state index contributed by atoms with van der Waals surface area (Å²) in [7, 11) is 0. The van der Waals surface area contributed by atoms with Gasteiger partial charge >= 0.3 is 0 Å². The maximum absolute atomic E-state index is 12.9. The molecule has 2 rings (SSSR count). The zero-order valence-corrected chi connectivity index (χ0v) is 11.9. The van der Waals surface area contributed by atoms with Crippen LogP contribution in [0.4, 0.5) is 14.5 Å². The van der Waals surface area contributed by atoms with Crippen LogP contribution in [0.3, 0.4) is 0 Å². The van der Waals surface area contributed by atoms with E-state index in [1.807, 2.05) is 0 Å². The lowest BCUT2D eigenvalue weighted by Crippen LogP contribution is -2.32. The molecule has 110 valence electrons. The van der Waals surface area contributed by atoms with Gasteiger partial charge in [0.1, 0.15) is 0 Å². The summed E-state index contributed by atoms with van der Waals surface area (Å²) in [4.78, 5) is 0. The Hall–Kier alpha value is -1.58. The van der Waals surface area contributed by atoms with E-state index in [4.69, 9.17) is 0 Å². The number of alkyl halides is 2. The van der Waals surface area contributed by atoms with E-state index in [2.05, 4.69) is 17.2 Å². The van der Waals surface area contributed by atoms with Gasteiger partial charge in [0.2, 0.25) is 0 Å². The first-order chi connectivity index (χ1) is 9.56. The predicted octanol–water partition coefficient (Wildman–Crippen LogP) is 4.74. The highest BCUT2D eigenvalue weighted by molar-refractivity contribution is 5.52.